The lowest BCUT2D eigenvalue weighted by Crippen LogP contribution is -2.45. The maximum Gasteiger partial charge on any atom is 0.260 e. The van der Waals surface area contributed by atoms with Gasteiger partial charge in [0, 0.05) is 13.1 Å². The molecule has 1 aliphatic rings. The van der Waals surface area contributed by atoms with Gasteiger partial charge in [0.25, 0.3) is 5.91 Å². The summed E-state index contributed by atoms with van der Waals surface area (Å²) in [6, 6.07) is 11.3. The van der Waals surface area contributed by atoms with Crippen LogP contribution in [0, 0.1) is 0 Å². The third-order valence-corrected chi connectivity index (χ3v) is 7.15. The number of nitrogens with zero attached hydrogens (tertiary/aromatic N) is 2. The van der Waals surface area contributed by atoms with Crippen molar-refractivity contribution in [2.45, 2.75) is 31.7 Å². The number of anilines is 1. The number of sulfonamides is 1. The molecule has 1 atom stereocenters. The summed E-state index contributed by atoms with van der Waals surface area (Å²) in [5.74, 6) is 0.252. The van der Waals surface area contributed by atoms with Crippen molar-refractivity contribution in [2.24, 2.45) is 0 Å². The Morgan fingerprint density at radius 2 is 1.89 bits per heavy atom. The van der Waals surface area contributed by atoms with Crippen molar-refractivity contribution in [1.29, 1.82) is 0 Å². The number of para-hydroxylation sites is 2. The van der Waals surface area contributed by atoms with E-state index in [-0.39, 0.29) is 27.4 Å². The molecule has 1 aliphatic heterocycles. The van der Waals surface area contributed by atoms with Crippen molar-refractivity contribution >= 4 is 33.2 Å². The summed E-state index contributed by atoms with van der Waals surface area (Å²) < 4.78 is 32.8. The Kier molecular flexibility index (Phi) is 5.98. The maximum atomic E-state index is 13.4. The molecule has 0 radical (unpaired) electrons. The van der Waals surface area contributed by atoms with Gasteiger partial charge in [0.15, 0.2) is 0 Å². The number of carbonyl (C=O) groups excluding carboxylic acids is 1. The third kappa shape index (κ3) is 3.62. The van der Waals surface area contributed by atoms with E-state index in [9.17, 15) is 13.2 Å². The van der Waals surface area contributed by atoms with Gasteiger partial charge in [-0.25, -0.2) is 8.42 Å². The van der Waals surface area contributed by atoms with E-state index < -0.39 is 10.0 Å². The smallest absolute Gasteiger partial charge is 0.260 e. The van der Waals surface area contributed by atoms with Crippen LogP contribution in [0.15, 0.2) is 47.4 Å². The Labute approximate surface area is 170 Å². The van der Waals surface area contributed by atoms with Gasteiger partial charge in [-0.2, -0.15) is 4.31 Å². The molecular weight excluding hydrogens is 400 g/mol. The summed E-state index contributed by atoms with van der Waals surface area (Å²) >= 11 is 6.30. The number of amides is 1. The first-order chi connectivity index (χ1) is 13.3. The van der Waals surface area contributed by atoms with Crippen molar-refractivity contribution in [2.75, 3.05) is 24.6 Å². The zero-order valence-electron chi connectivity index (χ0n) is 16.1. The van der Waals surface area contributed by atoms with Crippen molar-refractivity contribution in [3.05, 3.63) is 53.1 Å². The molecule has 0 saturated carbocycles. The second-order valence-corrected chi connectivity index (χ2v) is 8.88. The van der Waals surface area contributed by atoms with E-state index >= 15 is 0 Å². The summed E-state index contributed by atoms with van der Waals surface area (Å²) in [5.41, 5.74) is 0.790. The predicted octanol–water partition coefficient (Wildman–Crippen LogP) is 3.80. The van der Waals surface area contributed by atoms with Crippen LogP contribution in [0.25, 0.3) is 0 Å². The molecule has 0 spiro atoms. The van der Waals surface area contributed by atoms with Crippen LogP contribution in [0.1, 0.15) is 31.1 Å². The van der Waals surface area contributed by atoms with Crippen molar-refractivity contribution in [1.82, 2.24) is 4.31 Å². The van der Waals surface area contributed by atoms with Gasteiger partial charge in [0.1, 0.15) is 12.4 Å². The summed E-state index contributed by atoms with van der Waals surface area (Å²) in [6.07, 6.45) is 0. The number of hydrogen-bond acceptors (Lipinski definition) is 4. The van der Waals surface area contributed by atoms with Gasteiger partial charge in [-0.15, -0.1) is 0 Å². The van der Waals surface area contributed by atoms with Crippen LogP contribution in [-0.2, 0) is 10.0 Å². The summed E-state index contributed by atoms with van der Waals surface area (Å²) in [5, 5.41) is 0.208. The monoisotopic (exact) mass is 422 g/mol. The molecule has 28 heavy (non-hydrogen) atoms. The number of benzene rings is 2. The highest BCUT2D eigenvalue weighted by molar-refractivity contribution is 7.89. The predicted molar refractivity (Wildman–Crippen MR) is 110 cm³/mol. The Bertz CT molecular complexity index is 989. The van der Waals surface area contributed by atoms with Gasteiger partial charge in [-0.1, -0.05) is 37.6 Å². The Balaban J connectivity index is 2.06. The first-order valence-electron chi connectivity index (χ1n) is 9.16. The molecule has 1 amide bonds. The molecule has 0 aliphatic carbocycles. The molecule has 0 fully saturated rings. The van der Waals surface area contributed by atoms with Gasteiger partial charge in [0.2, 0.25) is 10.0 Å². The average molecular weight is 423 g/mol. The standard InChI is InChI=1S/C20H23ClN2O4S/c1-4-22(5-2)28(25,26)15-10-11-17(21)16(12-15)20(24)23-14(3)13-27-19-9-7-6-8-18(19)23/h6-12,14H,4-5,13H2,1-3H3. The van der Waals surface area contributed by atoms with Crippen LogP contribution < -0.4 is 9.64 Å². The van der Waals surface area contributed by atoms with Crippen molar-refractivity contribution in [3.63, 3.8) is 0 Å². The van der Waals surface area contributed by atoms with Crippen LogP contribution in [0.4, 0.5) is 5.69 Å². The SMILES string of the molecule is CCN(CC)S(=O)(=O)c1ccc(Cl)c(C(=O)N2c3ccccc3OCC2C)c1. The lowest BCUT2D eigenvalue weighted by molar-refractivity contribution is 0.0961. The van der Waals surface area contributed by atoms with Crippen LogP contribution in [0.5, 0.6) is 5.75 Å². The lowest BCUT2D eigenvalue weighted by Gasteiger charge is -2.35. The fourth-order valence-corrected chi connectivity index (χ4v) is 4.96. The minimum Gasteiger partial charge on any atom is -0.489 e. The number of hydrogen-bond donors (Lipinski definition) is 0. The van der Waals surface area contributed by atoms with Crippen LogP contribution in [0.2, 0.25) is 5.02 Å². The highest BCUT2D eigenvalue weighted by atomic mass is 35.5. The van der Waals surface area contributed by atoms with Gasteiger partial charge < -0.3 is 4.74 Å². The molecule has 0 saturated heterocycles. The first kappa shape index (κ1) is 20.6. The van der Waals surface area contributed by atoms with Gasteiger partial charge in [0.05, 0.1) is 27.2 Å². The highest BCUT2D eigenvalue weighted by Crippen LogP contribution is 2.35. The number of carbonyl (C=O) groups is 1. The zero-order chi connectivity index (χ0) is 20.5. The average Bonchev–Trinajstić information content (AvgIpc) is 2.68. The van der Waals surface area contributed by atoms with E-state index in [4.69, 9.17) is 16.3 Å². The Morgan fingerprint density at radius 1 is 1.21 bits per heavy atom. The normalized spacial score (nSPS) is 16.6. The molecule has 0 aromatic heterocycles. The van der Waals surface area contributed by atoms with Gasteiger partial charge in [-0.3, -0.25) is 9.69 Å². The second-order valence-electron chi connectivity index (χ2n) is 6.53. The number of halogens is 1. The minimum absolute atomic E-state index is 0.0538. The van der Waals surface area contributed by atoms with Crippen LogP contribution >= 0.6 is 11.6 Å². The Morgan fingerprint density at radius 3 is 2.57 bits per heavy atom. The van der Waals surface area contributed by atoms with Crippen LogP contribution in [0.3, 0.4) is 0 Å². The molecule has 1 unspecified atom stereocenters. The lowest BCUT2D eigenvalue weighted by atomic mass is 10.1. The quantitative estimate of drug-likeness (QED) is 0.735. The van der Waals surface area contributed by atoms with Gasteiger partial charge in [-0.05, 0) is 37.3 Å². The largest absolute Gasteiger partial charge is 0.489 e. The van der Waals surface area contributed by atoms with E-state index in [1.54, 1.807) is 30.9 Å². The van der Waals surface area contributed by atoms with E-state index in [0.29, 0.717) is 31.1 Å². The number of fused-ring (bicyclic) bond motifs is 1. The molecule has 0 bridgehead atoms. The van der Waals surface area contributed by atoms with E-state index in [2.05, 4.69) is 0 Å². The number of rotatable bonds is 5. The van der Waals surface area contributed by atoms with Gasteiger partial charge >= 0.3 is 0 Å². The minimum atomic E-state index is -3.70. The summed E-state index contributed by atoms with van der Waals surface area (Å²) in [7, 11) is -3.70. The molecule has 3 rings (SSSR count). The topological polar surface area (TPSA) is 66.9 Å². The van der Waals surface area contributed by atoms with E-state index in [0.717, 1.165) is 0 Å². The molecule has 0 N–H and O–H groups in total. The Hall–Kier alpha value is -2.09. The molecule has 1 heterocycles. The molecule has 8 heteroatoms. The maximum absolute atomic E-state index is 13.4. The van der Waals surface area contributed by atoms with Crippen LogP contribution in [-0.4, -0.2) is 44.4 Å². The fourth-order valence-electron chi connectivity index (χ4n) is 3.28. The zero-order valence-corrected chi connectivity index (χ0v) is 17.6. The molecule has 150 valence electrons. The second kappa shape index (κ2) is 8.11. The molecule has 6 nitrogen and oxygen atoms in total. The molecular formula is C20H23ClN2O4S. The summed E-state index contributed by atoms with van der Waals surface area (Å²) in [6.45, 7) is 6.46. The molecule has 2 aromatic carbocycles. The van der Waals surface area contributed by atoms with Crippen molar-refractivity contribution < 1.29 is 17.9 Å². The number of ether oxygens (including phenoxy) is 1. The third-order valence-electron chi connectivity index (χ3n) is 4.78. The van der Waals surface area contributed by atoms with E-state index in [1.165, 1.54) is 22.5 Å². The highest BCUT2D eigenvalue weighted by Gasteiger charge is 2.32. The summed E-state index contributed by atoms with van der Waals surface area (Å²) in [4.78, 5) is 15.0. The first-order valence-corrected chi connectivity index (χ1v) is 11.0. The molecule has 2 aromatic rings. The fraction of sp³-hybridized carbons (Fsp3) is 0.350. The van der Waals surface area contributed by atoms with Crippen molar-refractivity contribution in [3.8, 4) is 5.75 Å². The van der Waals surface area contributed by atoms with E-state index in [1.807, 2.05) is 19.1 Å².